The van der Waals surface area contributed by atoms with E-state index in [-0.39, 0.29) is 33.6 Å². The number of imidazole rings is 1. The van der Waals surface area contributed by atoms with E-state index in [1.807, 2.05) is 28.8 Å². The lowest BCUT2D eigenvalue weighted by atomic mass is 10.1. The van der Waals surface area contributed by atoms with Gasteiger partial charge in [-0.15, -0.1) is 0 Å². The molecule has 4 rings (SSSR count). The number of halogens is 1. The van der Waals surface area contributed by atoms with Crippen LogP contribution in [-0.2, 0) is 21.4 Å². The fourth-order valence-corrected chi connectivity index (χ4v) is 5.56. The zero-order chi connectivity index (χ0) is 28.0. The summed E-state index contributed by atoms with van der Waals surface area (Å²) in [5.41, 5.74) is 1.76. The summed E-state index contributed by atoms with van der Waals surface area (Å²) in [6.45, 7) is -0.384. The van der Waals surface area contributed by atoms with E-state index in [0.717, 1.165) is 15.6 Å². The van der Waals surface area contributed by atoms with Gasteiger partial charge in [-0.25, -0.2) is 13.4 Å². The van der Waals surface area contributed by atoms with Crippen LogP contribution in [0.5, 0.6) is 17.2 Å². The van der Waals surface area contributed by atoms with Gasteiger partial charge in [0, 0.05) is 30.0 Å². The molecule has 204 valence electrons. The predicted molar refractivity (Wildman–Crippen MR) is 147 cm³/mol. The SMILES string of the molecule is COc1ccc(S(=O)(=O)N(CC(=O)NCc2ccccc2-n2ccnc2)c2cc(Cl)ccc2OC)cc1OC. The summed E-state index contributed by atoms with van der Waals surface area (Å²) in [6.07, 6.45) is 5.11. The highest BCUT2D eigenvalue weighted by Crippen LogP contribution is 2.37. The molecule has 39 heavy (non-hydrogen) atoms. The van der Waals surface area contributed by atoms with Gasteiger partial charge >= 0.3 is 0 Å². The number of para-hydroxylation sites is 1. The summed E-state index contributed by atoms with van der Waals surface area (Å²) in [4.78, 5) is 17.2. The maximum absolute atomic E-state index is 13.9. The normalized spacial score (nSPS) is 11.1. The number of carbonyl (C=O) groups excluding carboxylic acids is 1. The zero-order valence-corrected chi connectivity index (χ0v) is 23.1. The molecule has 10 nitrogen and oxygen atoms in total. The van der Waals surface area contributed by atoms with Crippen LogP contribution in [0.3, 0.4) is 0 Å². The molecule has 0 unspecified atom stereocenters. The standard InChI is InChI=1S/C27H27ClN4O6S/c1-36-24-10-8-20(28)14-23(24)32(39(34,35)21-9-11-25(37-2)26(15-21)38-3)17-27(33)30-16-19-6-4-5-7-22(19)31-13-12-29-18-31/h4-15,18H,16-17H2,1-3H3,(H,30,33). The van der Waals surface area contributed by atoms with Crippen LogP contribution in [0.1, 0.15) is 5.56 Å². The lowest BCUT2D eigenvalue weighted by molar-refractivity contribution is -0.119. The summed E-state index contributed by atoms with van der Waals surface area (Å²) in [5.74, 6) is 0.262. The van der Waals surface area contributed by atoms with Crippen molar-refractivity contribution in [3.63, 3.8) is 0 Å². The number of benzene rings is 3. The Kier molecular flexibility index (Phi) is 8.62. The molecule has 0 aliphatic carbocycles. The van der Waals surface area contributed by atoms with Crippen LogP contribution in [0.25, 0.3) is 5.69 Å². The van der Waals surface area contributed by atoms with Gasteiger partial charge in [-0.1, -0.05) is 29.8 Å². The fourth-order valence-electron chi connectivity index (χ4n) is 3.96. The number of rotatable bonds is 11. The van der Waals surface area contributed by atoms with Gasteiger partial charge in [-0.05, 0) is 42.0 Å². The zero-order valence-electron chi connectivity index (χ0n) is 21.5. The number of methoxy groups -OCH3 is 3. The van der Waals surface area contributed by atoms with Crippen LogP contribution in [0.2, 0.25) is 5.02 Å². The molecular weight excluding hydrogens is 544 g/mol. The van der Waals surface area contributed by atoms with E-state index in [1.54, 1.807) is 24.8 Å². The van der Waals surface area contributed by atoms with Crippen molar-refractivity contribution in [3.8, 4) is 22.9 Å². The molecule has 1 N–H and O–H groups in total. The number of sulfonamides is 1. The lowest BCUT2D eigenvalue weighted by Crippen LogP contribution is -2.41. The van der Waals surface area contributed by atoms with Gasteiger partial charge in [-0.2, -0.15) is 0 Å². The molecule has 4 aromatic rings. The van der Waals surface area contributed by atoms with Crippen LogP contribution in [0, 0.1) is 0 Å². The van der Waals surface area contributed by atoms with Crippen molar-refractivity contribution >= 4 is 33.2 Å². The van der Waals surface area contributed by atoms with Crippen molar-refractivity contribution in [1.29, 1.82) is 0 Å². The molecule has 0 saturated heterocycles. The number of anilines is 1. The van der Waals surface area contributed by atoms with Gasteiger partial charge in [0.15, 0.2) is 11.5 Å². The number of hydrogen-bond donors (Lipinski definition) is 1. The molecule has 0 aliphatic rings. The van der Waals surface area contributed by atoms with E-state index in [2.05, 4.69) is 10.3 Å². The monoisotopic (exact) mass is 570 g/mol. The summed E-state index contributed by atoms with van der Waals surface area (Å²) < 4.78 is 46.6. The van der Waals surface area contributed by atoms with E-state index < -0.39 is 22.5 Å². The third-order valence-electron chi connectivity index (χ3n) is 5.89. The third kappa shape index (κ3) is 6.10. The topological polar surface area (TPSA) is 112 Å². The Bertz CT molecular complexity index is 1560. The molecule has 0 radical (unpaired) electrons. The Morgan fingerprint density at radius 3 is 2.38 bits per heavy atom. The first-order chi connectivity index (χ1) is 18.8. The van der Waals surface area contributed by atoms with E-state index in [0.29, 0.717) is 5.75 Å². The summed E-state index contributed by atoms with van der Waals surface area (Å²) in [7, 11) is -0.0402. The first kappa shape index (κ1) is 27.8. The van der Waals surface area contributed by atoms with Gasteiger partial charge in [-0.3, -0.25) is 9.10 Å². The van der Waals surface area contributed by atoms with Crippen LogP contribution in [0.15, 0.2) is 84.3 Å². The van der Waals surface area contributed by atoms with E-state index in [4.69, 9.17) is 25.8 Å². The molecule has 1 amide bonds. The minimum absolute atomic E-state index is 0.105. The number of nitrogens with one attached hydrogen (secondary N) is 1. The second kappa shape index (κ2) is 12.1. The molecule has 1 aromatic heterocycles. The summed E-state index contributed by atoms with van der Waals surface area (Å²) in [5, 5.41) is 3.09. The molecule has 0 aliphatic heterocycles. The number of hydrogen-bond acceptors (Lipinski definition) is 7. The first-order valence-corrected chi connectivity index (χ1v) is 13.5. The molecule has 12 heteroatoms. The number of carbonyl (C=O) groups is 1. The van der Waals surface area contributed by atoms with Gasteiger partial charge in [0.1, 0.15) is 12.3 Å². The van der Waals surface area contributed by atoms with Crippen LogP contribution in [-0.4, -0.2) is 51.8 Å². The highest BCUT2D eigenvalue weighted by atomic mass is 35.5. The summed E-state index contributed by atoms with van der Waals surface area (Å²) >= 11 is 6.22. The largest absolute Gasteiger partial charge is 0.495 e. The average Bonchev–Trinajstić information content (AvgIpc) is 3.49. The lowest BCUT2D eigenvalue weighted by Gasteiger charge is -2.26. The first-order valence-electron chi connectivity index (χ1n) is 11.7. The van der Waals surface area contributed by atoms with Gasteiger partial charge < -0.3 is 24.1 Å². The number of amides is 1. The smallest absolute Gasteiger partial charge is 0.265 e. The van der Waals surface area contributed by atoms with Crippen molar-refractivity contribution in [3.05, 3.63) is 90.0 Å². The second-order valence-electron chi connectivity index (χ2n) is 8.22. The van der Waals surface area contributed by atoms with E-state index >= 15 is 0 Å². The van der Waals surface area contributed by atoms with Crippen molar-refractivity contribution in [2.24, 2.45) is 0 Å². The van der Waals surface area contributed by atoms with E-state index in [9.17, 15) is 13.2 Å². The molecule has 0 fully saturated rings. The maximum atomic E-state index is 13.9. The predicted octanol–water partition coefficient (Wildman–Crippen LogP) is 4.06. The number of nitrogens with zero attached hydrogens (tertiary/aromatic N) is 3. The Hall–Kier alpha value is -4.22. The molecule has 3 aromatic carbocycles. The van der Waals surface area contributed by atoms with Crippen LogP contribution < -0.4 is 23.8 Å². The quantitative estimate of drug-likeness (QED) is 0.289. The number of ether oxygens (including phenoxy) is 3. The maximum Gasteiger partial charge on any atom is 0.265 e. The van der Waals surface area contributed by atoms with Crippen molar-refractivity contribution < 1.29 is 27.4 Å². The molecular formula is C27H27ClN4O6S. The average molecular weight is 571 g/mol. The van der Waals surface area contributed by atoms with Gasteiger partial charge in [0.2, 0.25) is 5.91 Å². The van der Waals surface area contributed by atoms with Crippen molar-refractivity contribution in [1.82, 2.24) is 14.9 Å². The third-order valence-corrected chi connectivity index (χ3v) is 7.88. The fraction of sp³-hybridized carbons (Fsp3) is 0.185. The Morgan fingerprint density at radius 1 is 0.974 bits per heavy atom. The Balaban J connectivity index is 1.67. The van der Waals surface area contributed by atoms with Crippen LogP contribution >= 0.6 is 11.6 Å². The molecule has 0 bridgehead atoms. The van der Waals surface area contributed by atoms with Crippen molar-refractivity contribution in [2.45, 2.75) is 11.4 Å². The summed E-state index contributed by atoms with van der Waals surface area (Å²) in [6, 6.07) is 16.2. The van der Waals surface area contributed by atoms with Crippen molar-refractivity contribution in [2.75, 3.05) is 32.2 Å². The molecule has 1 heterocycles. The highest BCUT2D eigenvalue weighted by Gasteiger charge is 2.30. The number of aromatic nitrogens is 2. The minimum atomic E-state index is -4.30. The Morgan fingerprint density at radius 2 is 1.69 bits per heavy atom. The van der Waals surface area contributed by atoms with Crippen LogP contribution in [0.4, 0.5) is 5.69 Å². The van der Waals surface area contributed by atoms with Gasteiger partial charge in [0.05, 0.1) is 43.9 Å². The molecule has 0 atom stereocenters. The minimum Gasteiger partial charge on any atom is -0.495 e. The van der Waals surface area contributed by atoms with Gasteiger partial charge in [0.25, 0.3) is 10.0 Å². The second-order valence-corrected chi connectivity index (χ2v) is 10.5. The molecule has 0 saturated carbocycles. The highest BCUT2D eigenvalue weighted by molar-refractivity contribution is 7.92. The molecule has 0 spiro atoms. The Labute approximate surface area is 231 Å². The van der Waals surface area contributed by atoms with E-state index in [1.165, 1.54) is 51.7 Å².